The molecule has 4 nitrogen and oxygen atoms in total. The highest BCUT2D eigenvalue weighted by Gasteiger charge is 2.81. The van der Waals surface area contributed by atoms with Gasteiger partial charge < -0.3 is 14.5 Å². The average Bonchev–Trinajstić information content (AvgIpc) is 2.79. The number of amides is 1. The van der Waals surface area contributed by atoms with Crippen molar-refractivity contribution in [2.24, 2.45) is 0 Å². The smallest absolute Gasteiger partial charge is 0.256 e. The first kappa shape index (κ1) is 10.8. The summed E-state index contributed by atoms with van der Waals surface area (Å²) >= 11 is 0. The SMILES string of the molecule is C[C@]12O[C@@]1(c1ccccc1)[C@H](c1ccco1)NC2=O. The van der Waals surface area contributed by atoms with Crippen molar-refractivity contribution in [2.45, 2.75) is 24.2 Å². The highest BCUT2D eigenvalue weighted by molar-refractivity contribution is 5.94. The van der Waals surface area contributed by atoms with Gasteiger partial charge in [-0.15, -0.1) is 0 Å². The summed E-state index contributed by atoms with van der Waals surface area (Å²) in [6, 6.07) is 13.2. The van der Waals surface area contributed by atoms with E-state index in [1.165, 1.54) is 0 Å². The number of nitrogens with one attached hydrogen (secondary N) is 1. The topological polar surface area (TPSA) is 54.8 Å². The Morgan fingerprint density at radius 2 is 1.95 bits per heavy atom. The predicted octanol–water partition coefficient (Wildman–Crippen LogP) is 2.13. The molecule has 0 aliphatic carbocycles. The molecule has 0 saturated carbocycles. The predicted molar refractivity (Wildman–Crippen MR) is 67.2 cm³/mol. The van der Waals surface area contributed by atoms with Gasteiger partial charge in [0.05, 0.1) is 6.26 Å². The van der Waals surface area contributed by atoms with Crippen molar-refractivity contribution >= 4 is 5.91 Å². The van der Waals surface area contributed by atoms with Crippen LogP contribution in [0.2, 0.25) is 0 Å². The van der Waals surface area contributed by atoms with E-state index in [1.54, 1.807) is 6.26 Å². The molecule has 3 heterocycles. The van der Waals surface area contributed by atoms with Crippen molar-refractivity contribution in [3.8, 4) is 0 Å². The zero-order valence-corrected chi connectivity index (χ0v) is 10.4. The highest BCUT2D eigenvalue weighted by Crippen LogP contribution is 2.66. The summed E-state index contributed by atoms with van der Waals surface area (Å²) in [6.45, 7) is 1.83. The van der Waals surface area contributed by atoms with Gasteiger partial charge in [-0.3, -0.25) is 4.79 Å². The van der Waals surface area contributed by atoms with Gasteiger partial charge in [0, 0.05) is 0 Å². The van der Waals surface area contributed by atoms with Crippen LogP contribution >= 0.6 is 0 Å². The molecule has 0 bridgehead atoms. The molecular formula is C15H13NO3. The van der Waals surface area contributed by atoms with Crippen LogP contribution in [0.5, 0.6) is 0 Å². The lowest BCUT2D eigenvalue weighted by molar-refractivity contribution is -0.126. The van der Waals surface area contributed by atoms with Gasteiger partial charge in [-0.25, -0.2) is 0 Å². The molecule has 4 heteroatoms. The van der Waals surface area contributed by atoms with Gasteiger partial charge in [0.15, 0.2) is 11.2 Å². The summed E-state index contributed by atoms with van der Waals surface area (Å²) in [5.41, 5.74) is -0.452. The number of hydrogen-bond acceptors (Lipinski definition) is 3. The molecule has 3 atom stereocenters. The Labute approximate surface area is 110 Å². The fourth-order valence-electron chi connectivity index (χ4n) is 3.13. The Morgan fingerprint density at radius 3 is 2.58 bits per heavy atom. The second-order valence-corrected chi connectivity index (χ2v) is 5.16. The second kappa shape index (κ2) is 3.27. The first-order valence-corrected chi connectivity index (χ1v) is 6.28. The molecule has 2 aliphatic rings. The van der Waals surface area contributed by atoms with E-state index < -0.39 is 11.2 Å². The number of fused-ring (bicyclic) bond motifs is 1. The molecule has 2 saturated heterocycles. The number of ether oxygens (including phenoxy) is 1. The van der Waals surface area contributed by atoms with Crippen LogP contribution in [-0.2, 0) is 15.1 Å². The second-order valence-electron chi connectivity index (χ2n) is 5.16. The van der Waals surface area contributed by atoms with Crippen LogP contribution in [0.25, 0.3) is 0 Å². The van der Waals surface area contributed by atoms with Crippen molar-refractivity contribution in [1.29, 1.82) is 0 Å². The van der Waals surface area contributed by atoms with E-state index in [9.17, 15) is 4.79 Å². The van der Waals surface area contributed by atoms with Crippen LogP contribution in [0.4, 0.5) is 0 Å². The number of morpholine rings is 1. The van der Waals surface area contributed by atoms with Crippen molar-refractivity contribution in [2.75, 3.05) is 0 Å². The van der Waals surface area contributed by atoms with Crippen LogP contribution in [0.15, 0.2) is 53.1 Å². The number of carbonyl (C=O) groups is 1. The zero-order chi connectivity index (χ0) is 13.1. The average molecular weight is 255 g/mol. The minimum Gasteiger partial charge on any atom is -0.467 e. The molecule has 1 N–H and O–H groups in total. The van der Waals surface area contributed by atoms with Crippen LogP contribution in [-0.4, -0.2) is 11.5 Å². The summed E-state index contributed by atoms with van der Waals surface area (Å²) in [6.07, 6.45) is 1.61. The van der Waals surface area contributed by atoms with Gasteiger partial charge in [0.25, 0.3) is 5.91 Å². The zero-order valence-electron chi connectivity index (χ0n) is 10.4. The Hall–Kier alpha value is -2.07. The first-order valence-electron chi connectivity index (χ1n) is 6.28. The van der Waals surface area contributed by atoms with Gasteiger partial charge in [-0.05, 0) is 24.6 Å². The van der Waals surface area contributed by atoms with Crippen molar-refractivity contribution in [3.05, 3.63) is 60.1 Å². The summed E-state index contributed by atoms with van der Waals surface area (Å²) in [5, 5.41) is 2.98. The lowest BCUT2D eigenvalue weighted by atomic mass is 9.84. The fourth-order valence-corrected chi connectivity index (χ4v) is 3.13. The number of hydrogen-bond donors (Lipinski definition) is 1. The van der Waals surface area contributed by atoms with Gasteiger partial charge in [-0.2, -0.15) is 0 Å². The normalized spacial score (nSPS) is 35.8. The molecule has 2 aromatic rings. The molecule has 1 aromatic heterocycles. The van der Waals surface area contributed by atoms with Gasteiger partial charge in [0.1, 0.15) is 11.8 Å². The van der Waals surface area contributed by atoms with Gasteiger partial charge >= 0.3 is 0 Å². The van der Waals surface area contributed by atoms with Crippen molar-refractivity contribution in [3.63, 3.8) is 0 Å². The number of furan rings is 1. The Kier molecular flexibility index (Phi) is 1.86. The van der Waals surface area contributed by atoms with Crippen LogP contribution in [0.1, 0.15) is 24.3 Å². The molecule has 0 radical (unpaired) electrons. The molecule has 0 unspecified atom stereocenters. The lowest BCUT2D eigenvalue weighted by Gasteiger charge is -2.19. The van der Waals surface area contributed by atoms with E-state index in [4.69, 9.17) is 9.15 Å². The first-order chi connectivity index (χ1) is 9.18. The maximum Gasteiger partial charge on any atom is 0.256 e. The van der Waals surface area contributed by atoms with Gasteiger partial charge in [-0.1, -0.05) is 30.3 Å². The van der Waals surface area contributed by atoms with Gasteiger partial charge in [0.2, 0.25) is 0 Å². The quantitative estimate of drug-likeness (QED) is 0.836. The number of rotatable bonds is 2. The van der Waals surface area contributed by atoms with Crippen molar-refractivity contribution in [1.82, 2.24) is 5.32 Å². The Bertz CT molecular complexity index is 637. The summed E-state index contributed by atoms with van der Waals surface area (Å²) in [5.74, 6) is 0.635. The molecule has 2 fully saturated rings. The number of epoxide rings is 1. The molecule has 4 rings (SSSR count). The number of carbonyl (C=O) groups excluding carboxylic acids is 1. The third-order valence-electron chi connectivity index (χ3n) is 4.18. The van der Waals surface area contributed by atoms with E-state index in [-0.39, 0.29) is 11.9 Å². The lowest BCUT2D eigenvalue weighted by Crippen LogP contribution is -2.30. The van der Waals surface area contributed by atoms with E-state index in [0.717, 1.165) is 11.3 Å². The molecule has 1 amide bonds. The van der Waals surface area contributed by atoms with E-state index in [2.05, 4.69) is 5.32 Å². The highest BCUT2D eigenvalue weighted by atomic mass is 16.6. The molecule has 19 heavy (non-hydrogen) atoms. The maximum atomic E-state index is 12.1. The minimum atomic E-state index is -0.800. The Morgan fingerprint density at radius 1 is 1.16 bits per heavy atom. The standard InChI is InChI=1S/C15H13NO3/c1-14-13(17)16-12(11-8-5-9-18-11)15(14,19-14)10-6-3-2-4-7-10/h2-9,12H,1H3,(H,16,17)/t12-,14+,15-/m0/s1. The molecular weight excluding hydrogens is 242 g/mol. The van der Waals surface area contributed by atoms with E-state index >= 15 is 0 Å². The fraction of sp³-hybridized carbons (Fsp3) is 0.267. The molecule has 96 valence electrons. The summed E-state index contributed by atoms with van der Waals surface area (Å²) in [7, 11) is 0. The summed E-state index contributed by atoms with van der Waals surface area (Å²) < 4.78 is 11.4. The van der Waals surface area contributed by atoms with E-state index in [0.29, 0.717) is 0 Å². The molecule has 2 aliphatic heterocycles. The summed E-state index contributed by atoms with van der Waals surface area (Å²) in [4.78, 5) is 12.1. The Balaban J connectivity index is 1.88. The minimum absolute atomic E-state index is 0.0854. The van der Waals surface area contributed by atoms with Crippen LogP contribution < -0.4 is 5.32 Å². The third-order valence-corrected chi connectivity index (χ3v) is 4.18. The molecule has 1 aromatic carbocycles. The maximum absolute atomic E-state index is 12.1. The number of benzene rings is 1. The van der Waals surface area contributed by atoms with Crippen LogP contribution in [0, 0.1) is 0 Å². The van der Waals surface area contributed by atoms with E-state index in [1.807, 2.05) is 49.4 Å². The third kappa shape index (κ3) is 1.15. The van der Waals surface area contributed by atoms with Crippen molar-refractivity contribution < 1.29 is 13.9 Å². The monoisotopic (exact) mass is 255 g/mol. The molecule has 0 spiro atoms. The van der Waals surface area contributed by atoms with Crippen LogP contribution in [0.3, 0.4) is 0 Å². The largest absolute Gasteiger partial charge is 0.467 e.